The zero-order chi connectivity index (χ0) is 13.4. The van der Waals surface area contributed by atoms with Crippen molar-refractivity contribution in [1.82, 2.24) is 0 Å². The summed E-state index contributed by atoms with van der Waals surface area (Å²) in [5, 5.41) is 7.76. The molecule has 0 spiro atoms. The van der Waals surface area contributed by atoms with E-state index in [2.05, 4.69) is 4.74 Å². The third-order valence-electron chi connectivity index (χ3n) is 1.41. The fourth-order valence-corrected chi connectivity index (χ4v) is 0.687. The second-order valence-electron chi connectivity index (χ2n) is 3.14. The summed E-state index contributed by atoms with van der Waals surface area (Å²) < 4.78 is 78.4. The Morgan fingerprint density at radius 2 is 1.50 bits per heavy atom. The van der Waals surface area contributed by atoms with Crippen LogP contribution in [-0.4, -0.2) is 35.1 Å². The molecule has 0 aliphatic heterocycles. The maximum atomic E-state index is 12.6. The molecule has 0 saturated carbocycles. The number of alkyl halides is 6. The summed E-state index contributed by atoms with van der Waals surface area (Å²) in [6.45, 7) is 1.81. The first-order chi connectivity index (χ1) is 6.86. The fourth-order valence-electron chi connectivity index (χ4n) is 0.687. The first kappa shape index (κ1) is 15.0. The molecular weight excluding hydrogens is 246 g/mol. The highest BCUT2D eigenvalue weighted by Gasteiger charge is 2.77. The lowest BCUT2D eigenvalue weighted by atomic mass is 10.1. The number of ether oxygens (including phenoxy) is 1. The Hall–Kier alpha value is -0.990. The molecule has 96 valence electrons. The molecule has 0 aromatic rings. The summed E-state index contributed by atoms with van der Waals surface area (Å²) >= 11 is 0. The van der Waals surface area contributed by atoms with Crippen molar-refractivity contribution in [3.05, 3.63) is 0 Å². The van der Waals surface area contributed by atoms with Crippen molar-refractivity contribution in [2.75, 3.05) is 0 Å². The van der Waals surface area contributed by atoms with Gasteiger partial charge in [-0.1, -0.05) is 0 Å². The highest BCUT2D eigenvalue weighted by molar-refractivity contribution is 5.76. The Morgan fingerprint density at radius 3 is 1.75 bits per heavy atom. The van der Waals surface area contributed by atoms with Gasteiger partial charge in [0.15, 0.2) is 0 Å². The average molecular weight is 254 g/mol. The molecule has 0 unspecified atom stereocenters. The van der Waals surface area contributed by atoms with Gasteiger partial charge < -0.3 is 9.84 Å². The van der Waals surface area contributed by atoms with Gasteiger partial charge in [0, 0.05) is 0 Å². The van der Waals surface area contributed by atoms with Crippen molar-refractivity contribution in [2.45, 2.75) is 37.9 Å². The molecule has 0 atom stereocenters. The van der Waals surface area contributed by atoms with Gasteiger partial charge in [0.05, 0.1) is 6.10 Å². The first-order valence-corrected chi connectivity index (χ1v) is 3.91. The van der Waals surface area contributed by atoms with Crippen LogP contribution in [0.2, 0.25) is 0 Å². The van der Waals surface area contributed by atoms with Crippen LogP contribution in [0.4, 0.5) is 26.3 Å². The fraction of sp³-hybridized carbons (Fsp3) is 0.857. The van der Waals surface area contributed by atoms with Gasteiger partial charge in [0.25, 0.3) is 0 Å². The summed E-state index contributed by atoms with van der Waals surface area (Å²) in [5.74, 6) is -15.4. The Balaban J connectivity index is 5.25. The molecule has 1 N–H and O–H groups in total. The van der Waals surface area contributed by atoms with E-state index in [1.165, 1.54) is 0 Å². The number of carboxylic acids is 1. The van der Waals surface area contributed by atoms with Crippen LogP contribution in [0.5, 0.6) is 0 Å². The standard InChI is InChI=1S/C7H8F6O3/c1-3(2)16-7(12,13)6(10,11)5(8,9)4(14)15/h3H,1-2H3,(H,14,15). The van der Waals surface area contributed by atoms with E-state index >= 15 is 0 Å². The molecule has 0 saturated heterocycles. The van der Waals surface area contributed by atoms with Crippen LogP contribution in [-0.2, 0) is 9.53 Å². The van der Waals surface area contributed by atoms with Gasteiger partial charge in [0.2, 0.25) is 0 Å². The molecule has 3 nitrogen and oxygen atoms in total. The van der Waals surface area contributed by atoms with Crippen molar-refractivity contribution in [1.29, 1.82) is 0 Å². The largest absolute Gasteiger partial charge is 0.477 e. The normalized spacial score (nSPS) is 14.3. The van der Waals surface area contributed by atoms with E-state index in [0.29, 0.717) is 0 Å². The number of carboxylic acid groups (broad SMARTS) is 1. The van der Waals surface area contributed by atoms with Crippen LogP contribution < -0.4 is 0 Å². The third kappa shape index (κ3) is 2.39. The topological polar surface area (TPSA) is 46.5 Å². The number of hydrogen-bond acceptors (Lipinski definition) is 2. The monoisotopic (exact) mass is 254 g/mol. The molecule has 0 rings (SSSR count). The summed E-state index contributed by atoms with van der Waals surface area (Å²) in [6, 6.07) is 0. The zero-order valence-corrected chi connectivity index (χ0v) is 8.11. The van der Waals surface area contributed by atoms with Crippen LogP contribution >= 0.6 is 0 Å². The second-order valence-corrected chi connectivity index (χ2v) is 3.14. The van der Waals surface area contributed by atoms with E-state index < -0.39 is 30.0 Å². The summed E-state index contributed by atoms with van der Waals surface area (Å²) in [5.41, 5.74) is 0. The first-order valence-electron chi connectivity index (χ1n) is 3.91. The van der Waals surface area contributed by atoms with Gasteiger partial charge in [-0.3, -0.25) is 0 Å². The molecule has 0 aliphatic rings. The number of rotatable bonds is 5. The molecule has 0 bridgehead atoms. The van der Waals surface area contributed by atoms with Gasteiger partial charge in [-0.25, -0.2) is 4.79 Å². The summed E-state index contributed by atoms with van der Waals surface area (Å²) in [7, 11) is 0. The maximum absolute atomic E-state index is 12.6. The van der Waals surface area contributed by atoms with Gasteiger partial charge in [-0.05, 0) is 13.8 Å². The maximum Gasteiger partial charge on any atom is 0.426 e. The van der Waals surface area contributed by atoms with E-state index in [0.717, 1.165) is 13.8 Å². The number of halogens is 6. The van der Waals surface area contributed by atoms with Gasteiger partial charge in [-0.15, -0.1) is 0 Å². The minimum absolute atomic E-state index is 0.906. The molecular formula is C7H8F6O3. The van der Waals surface area contributed by atoms with Gasteiger partial charge in [-0.2, -0.15) is 26.3 Å². The molecule has 0 radical (unpaired) electrons. The number of aliphatic carboxylic acids is 1. The number of hydrogen-bond donors (Lipinski definition) is 1. The Bertz CT molecular complexity index is 275. The van der Waals surface area contributed by atoms with Crippen molar-refractivity contribution >= 4 is 5.97 Å². The molecule has 0 amide bonds. The van der Waals surface area contributed by atoms with Crippen molar-refractivity contribution in [3.63, 3.8) is 0 Å². The Labute approximate surface area is 86.0 Å². The highest BCUT2D eigenvalue weighted by Crippen LogP contribution is 2.46. The Morgan fingerprint density at radius 1 is 1.12 bits per heavy atom. The van der Waals surface area contributed by atoms with E-state index in [9.17, 15) is 31.1 Å². The van der Waals surface area contributed by atoms with E-state index in [-0.39, 0.29) is 0 Å². The van der Waals surface area contributed by atoms with Crippen LogP contribution in [0.15, 0.2) is 0 Å². The van der Waals surface area contributed by atoms with E-state index in [4.69, 9.17) is 5.11 Å². The molecule has 0 fully saturated rings. The quantitative estimate of drug-likeness (QED) is 0.766. The van der Waals surface area contributed by atoms with E-state index in [1.807, 2.05) is 0 Å². The lowest BCUT2D eigenvalue weighted by Crippen LogP contribution is -2.59. The SMILES string of the molecule is CC(C)OC(F)(F)C(F)(F)C(F)(F)C(=O)O. The zero-order valence-electron chi connectivity index (χ0n) is 8.11. The van der Waals surface area contributed by atoms with Crippen LogP contribution in [0.1, 0.15) is 13.8 Å². The van der Waals surface area contributed by atoms with E-state index in [1.54, 1.807) is 0 Å². The third-order valence-corrected chi connectivity index (χ3v) is 1.41. The predicted molar refractivity (Wildman–Crippen MR) is 38.7 cm³/mol. The minimum atomic E-state index is -6.14. The molecule has 16 heavy (non-hydrogen) atoms. The number of carbonyl (C=O) groups is 1. The smallest absolute Gasteiger partial charge is 0.426 e. The predicted octanol–water partition coefficient (Wildman–Crippen LogP) is 2.36. The molecule has 0 heterocycles. The minimum Gasteiger partial charge on any atom is -0.477 e. The van der Waals surface area contributed by atoms with Crippen molar-refractivity contribution in [3.8, 4) is 0 Å². The average Bonchev–Trinajstić information content (AvgIpc) is 2.00. The lowest BCUT2D eigenvalue weighted by molar-refractivity contribution is -0.399. The molecule has 0 aromatic carbocycles. The van der Waals surface area contributed by atoms with Crippen molar-refractivity contribution < 1.29 is 41.0 Å². The summed E-state index contributed by atoms with van der Waals surface area (Å²) in [6.07, 6.45) is -7.06. The summed E-state index contributed by atoms with van der Waals surface area (Å²) in [4.78, 5) is 9.78. The molecule has 0 aliphatic carbocycles. The lowest BCUT2D eigenvalue weighted by Gasteiger charge is -2.30. The van der Waals surface area contributed by atoms with Crippen LogP contribution in [0.25, 0.3) is 0 Å². The van der Waals surface area contributed by atoms with Gasteiger partial charge >= 0.3 is 23.9 Å². The van der Waals surface area contributed by atoms with Crippen molar-refractivity contribution in [2.24, 2.45) is 0 Å². The van der Waals surface area contributed by atoms with Crippen LogP contribution in [0, 0.1) is 0 Å². The Kier molecular flexibility index (Phi) is 3.86. The van der Waals surface area contributed by atoms with Crippen LogP contribution in [0.3, 0.4) is 0 Å². The molecule has 9 heteroatoms. The highest BCUT2D eigenvalue weighted by atomic mass is 19.3. The molecule has 0 aromatic heterocycles. The second kappa shape index (κ2) is 4.11. The van der Waals surface area contributed by atoms with Gasteiger partial charge in [0.1, 0.15) is 0 Å².